The Kier molecular flexibility index (Phi) is 7.37. The molecule has 0 atom stereocenters. The van der Waals surface area contributed by atoms with E-state index in [1.54, 1.807) is 0 Å². The second-order valence-electron chi connectivity index (χ2n) is 7.50. The van der Waals surface area contributed by atoms with Gasteiger partial charge in [0.25, 0.3) is 0 Å². The molecular weight excluding hydrogens is 414 g/mol. The zero-order chi connectivity index (χ0) is 22.4. The molecule has 0 bridgehead atoms. The molecule has 168 valence electrons. The summed E-state index contributed by atoms with van der Waals surface area (Å²) in [6.45, 7) is 1.81. The van der Waals surface area contributed by atoms with Gasteiger partial charge < -0.3 is 20.3 Å². The number of amides is 2. The lowest BCUT2D eigenvalue weighted by Gasteiger charge is -2.31. The average Bonchev–Trinajstić information content (AvgIpc) is 2.75. The maximum atomic E-state index is 14.4. The van der Waals surface area contributed by atoms with Gasteiger partial charge in [0, 0.05) is 12.1 Å². The van der Waals surface area contributed by atoms with Gasteiger partial charge in [-0.2, -0.15) is 13.2 Å². The lowest BCUT2D eigenvalue weighted by atomic mass is 9.97. The SMILES string of the molecule is COc1ccc(F)c(CN(CC2CCNCC2)C(=O)Nc2ccccc2C(F)(F)F)c1. The number of nitrogens with one attached hydrogen (secondary N) is 2. The van der Waals surface area contributed by atoms with Gasteiger partial charge in [-0.15, -0.1) is 0 Å². The third-order valence-electron chi connectivity index (χ3n) is 5.31. The number of hydrogen-bond acceptors (Lipinski definition) is 3. The molecule has 3 rings (SSSR count). The Hall–Kier alpha value is -2.81. The van der Waals surface area contributed by atoms with Gasteiger partial charge in [-0.05, 0) is 62.2 Å². The van der Waals surface area contributed by atoms with Gasteiger partial charge in [-0.25, -0.2) is 9.18 Å². The highest BCUT2D eigenvalue weighted by Gasteiger charge is 2.34. The summed E-state index contributed by atoms with van der Waals surface area (Å²) < 4.78 is 59.5. The molecule has 2 N–H and O–H groups in total. The third-order valence-corrected chi connectivity index (χ3v) is 5.31. The van der Waals surface area contributed by atoms with Gasteiger partial charge in [0.05, 0.1) is 24.9 Å². The highest BCUT2D eigenvalue weighted by Crippen LogP contribution is 2.34. The standard InChI is InChI=1S/C22H25F4N3O2/c1-31-17-6-7-19(23)16(12-17)14-29(13-15-8-10-27-11-9-15)21(30)28-20-5-3-2-4-18(20)22(24,25)26/h2-7,12,15,27H,8-11,13-14H2,1H3,(H,28,30). The van der Waals surface area contributed by atoms with Gasteiger partial charge >= 0.3 is 12.2 Å². The van der Waals surface area contributed by atoms with Crippen LogP contribution in [0.5, 0.6) is 5.75 Å². The fourth-order valence-corrected chi connectivity index (χ4v) is 3.63. The van der Waals surface area contributed by atoms with Crippen molar-refractivity contribution in [2.45, 2.75) is 25.6 Å². The second-order valence-corrected chi connectivity index (χ2v) is 7.50. The van der Waals surface area contributed by atoms with Gasteiger partial charge in [0.2, 0.25) is 0 Å². The largest absolute Gasteiger partial charge is 0.497 e. The summed E-state index contributed by atoms with van der Waals surface area (Å²) >= 11 is 0. The van der Waals surface area contributed by atoms with Crippen molar-refractivity contribution in [2.24, 2.45) is 5.92 Å². The van der Waals surface area contributed by atoms with Gasteiger partial charge in [-0.3, -0.25) is 0 Å². The Morgan fingerprint density at radius 3 is 2.58 bits per heavy atom. The number of anilines is 1. The summed E-state index contributed by atoms with van der Waals surface area (Å²) in [7, 11) is 1.45. The minimum atomic E-state index is -4.61. The number of nitrogens with zero attached hydrogens (tertiary/aromatic N) is 1. The van der Waals surface area contributed by atoms with Gasteiger partial charge in [0.15, 0.2) is 0 Å². The van der Waals surface area contributed by atoms with Crippen molar-refractivity contribution in [1.82, 2.24) is 10.2 Å². The molecule has 1 fully saturated rings. The Bertz CT molecular complexity index is 899. The Labute approximate surface area is 178 Å². The number of hydrogen-bond donors (Lipinski definition) is 2. The van der Waals surface area contributed by atoms with Crippen LogP contribution in [0.1, 0.15) is 24.0 Å². The van der Waals surface area contributed by atoms with Crippen LogP contribution in [0.2, 0.25) is 0 Å². The highest BCUT2D eigenvalue weighted by atomic mass is 19.4. The molecule has 1 aliphatic rings. The predicted molar refractivity (Wildman–Crippen MR) is 109 cm³/mol. The Morgan fingerprint density at radius 2 is 1.90 bits per heavy atom. The predicted octanol–water partition coefficient (Wildman–Crippen LogP) is 4.89. The second kappa shape index (κ2) is 10.00. The number of para-hydroxylation sites is 1. The number of ether oxygens (including phenoxy) is 1. The number of urea groups is 1. The van der Waals surface area contributed by atoms with E-state index in [0.29, 0.717) is 12.3 Å². The first kappa shape index (κ1) is 22.9. The van der Waals surface area contributed by atoms with Crippen LogP contribution in [-0.4, -0.2) is 37.7 Å². The molecule has 0 aliphatic carbocycles. The molecule has 0 radical (unpaired) electrons. The van der Waals surface area contributed by atoms with Crippen LogP contribution in [0.15, 0.2) is 42.5 Å². The van der Waals surface area contributed by atoms with Crippen LogP contribution in [0.4, 0.5) is 28.0 Å². The van der Waals surface area contributed by atoms with Gasteiger partial charge in [0.1, 0.15) is 11.6 Å². The maximum absolute atomic E-state index is 14.4. The molecular formula is C22H25F4N3O2. The zero-order valence-corrected chi connectivity index (χ0v) is 17.1. The summed E-state index contributed by atoms with van der Waals surface area (Å²) in [4.78, 5) is 14.4. The van der Waals surface area contributed by atoms with E-state index in [-0.39, 0.29) is 23.7 Å². The molecule has 0 unspecified atom stereocenters. The van der Waals surface area contributed by atoms with Gasteiger partial charge in [-0.1, -0.05) is 12.1 Å². The molecule has 31 heavy (non-hydrogen) atoms. The van der Waals surface area contributed by atoms with Crippen LogP contribution < -0.4 is 15.4 Å². The van der Waals surface area contributed by atoms with E-state index in [1.807, 2.05) is 0 Å². The summed E-state index contributed by atoms with van der Waals surface area (Å²) in [6.07, 6.45) is -2.96. The molecule has 9 heteroatoms. The normalized spacial score (nSPS) is 14.9. The van der Waals surface area contributed by atoms with E-state index in [9.17, 15) is 22.4 Å². The fraction of sp³-hybridized carbons (Fsp3) is 0.409. The minimum Gasteiger partial charge on any atom is -0.497 e. The van der Waals surface area contributed by atoms with Crippen LogP contribution in [0.25, 0.3) is 0 Å². The van der Waals surface area contributed by atoms with Crippen LogP contribution in [0, 0.1) is 11.7 Å². The van der Waals surface area contributed by atoms with Crippen molar-refractivity contribution in [1.29, 1.82) is 0 Å². The third kappa shape index (κ3) is 6.10. The monoisotopic (exact) mass is 439 g/mol. The van der Waals surface area contributed by atoms with E-state index in [2.05, 4.69) is 10.6 Å². The summed E-state index contributed by atoms with van der Waals surface area (Å²) in [5.41, 5.74) is -1.04. The molecule has 1 saturated heterocycles. The molecule has 0 aromatic heterocycles. The van der Waals surface area contributed by atoms with Crippen LogP contribution in [-0.2, 0) is 12.7 Å². The summed E-state index contributed by atoms with van der Waals surface area (Å²) in [6, 6.07) is 8.29. The molecule has 1 heterocycles. The zero-order valence-electron chi connectivity index (χ0n) is 17.1. The number of halogens is 4. The Balaban J connectivity index is 1.85. The lowest BCUT2D eigenvalue weighted by Crippen LogP contribution is -2.41. The van der Waals surface area contributed by atoms with E-state index in [0.717, 1.165) is 32.0 Å². The van der Waals surface area contributed by atoms with Crippen molar-refractivity contribution in [2.75, 3.05) is 32.1 Å². The molecule has 0 spiro atoms. The Morgan fingerprint density at radius 1 is 1.19 bits per heavy atom. The highest BCUT2D eigenvalue weighted by molar-refractivity contribution is 5.90. The topological polar surface area (TPSA) is 53.6 Å². The molecule has 5 nitrogen and oxygen atoms in total. The number of methoxy groups -OCH3 is 1. The van der Waals surface area contributed by atoms with Crippen molar-refractivity contribution in [3.05, 3.63) is 59.4 Å². The average molecular weight is 439 g/mol. The van der Waals surface area contributed by atoms with Crippen molar-refractivity contribution < 1.29 is 27.1 Å². The van der Waals surface area contributed by atoms with Crippen molar-refractivity contribution >= 4 is 11.7 Å². The van der Waals surface area contributed by atoms with E-state index < -0.39 is 23.6 Å². The smallest absolute Gasteiger partial charge is 0.418 e. The quantitative estimate of drug-likeness (QED) is 0.631. The van der Waals surface area contributed by atoms with Crippen molar-refractivity contribution in [3.63, 3.8) is 0 Å². The first-order valence-electron chi connectivity index (χ1n) is 10.0. The number of carbonyl (C=O) groups excluding carboxylic acids is 1. The molecule has 1 aliphatic heterocycles. The van der Waals surface area contributed by atoms with E-state index in [1.165, 1.54) is 48.4 Å². The molecule has 0 saturated carbocycles. The molecule has 2 aromatic carbocycles. The van der Waals surface area contributed by atoms with Crippen LogP contribution >= 0.6 is 0 Å². The number of piperidine rings is 1. The van der Waals surface area contributed by atoms with Crippen molar-refractivity contribution in [3.8, 4) is 5.75 Å². The lowest BCUT2D eigenvalue weighted by molar-refractivity contribution is -0.136. The number of rotatable bonds is 6. The maximum Gasteiger partial charge on any atom is 0.418 e. The first-order valence-corrected chi connectivity index (χ1v) is 10.0. The van der Waals surface area contributed by atoms with E-state index >= 15 is 0 Å². The number of carbonyl (C=O) groups is 1. The minimum absolute atomic E-state index is 0.0903. The summed E-state index contributed by atoms with van der Waals surface area (Å²) in [5.74, 6) is 0.0826. The van der Waals surface area contributed by atoms with E-state index in [4.69, 9.17) is 4.74 Å². The first-order chi connectivity index (χ1) is 14.8. The summed E-state index contributed by atoms with van der Waals surface area (Å²) in [5, 5.41) is 5.61. The number of alkyl halides is 3. The molecule has 2 amide bonds. The number of benzene rings is 2. The fourth-order valence-electron chi connectivity index (χ4n) is 3.63. The van der Waals surface area contributed by atoms with Crippen LogP contribution in [0.3, 0.4) is 0 Å². The molecule has 2 aromatic rings.